The van der Waals surface area contributed by atoms with Gasteiger partial charge in [-0.2, -0.15) is 0 Å². The van der Waals surface area contributed by atoms with Crippen molar-refractivity contribution in [1.29, 1.82) is 0 Å². The van der Waals surface area contributed by atoms with Gasteiger partial charge in [0.05, 0.1) is 0 Å². The number of carbonyl (C=O) groups excluding carboxylic acids is 3. The minimum atomic E-state index is -0.842. The zero-order valence-electron chi connectivity index (χ0n) is 26.1. The number of hydrogen-bond donors (Lipinski definition) is 2. The number of amides is 3. The van der Waals surface area contributed by atoms with Gasteiger partial charge in [-0.15, -0.1) is 0 Å². The van der Waals surface area contributed by atoms with E-state index in [1.54, 1.807) is 25.7 Å². The summed E-state index contributed by atoms with van der Waals surface area (Å²) in [7, 11) is 0. The lowest BCUT2D eigenvalue weighted by atomic mass is 9.87. The second-order valence-corrected chi connectivity index (χ2v) is 13.0. The van der Waals surface area contributed by atoms with Crippen LogP contribution in [-0.2, 0) is 14.3 Å². The van der Waals surface area contributed by atoms with Crippen LogP contribution in [0.15, 0.2) is 18.2 Å². The topological polar surface area (TPSA) is 87.7 Å². The van der Waals surface area contributed by atoms with Crippen molar-refractivity contribution in [2.24, 2.45) is 5.92 Å². The van der Waals surface area contributed by atoms with Crippen molar-refractivity contribution in [2.45, 2.75) is 143 Å². The van der Waals surface area contributed by atoms with Gasteiger partial charge in [0.1, 0.15) is 17.7 Å². The van der Waals surface area contributed by atoms with Crippen LogP contribution in [0.2, 0.25) is 0 Å². The first-order chi connectivity index (χ1) is 18.1. The molecule has 1 aliphatic carbocycles. The number of nitrogens with one attached hydrogen (secondary N) is 2. The molecule has 0 aromatic heterocycles. The van der Waals surface area contributed by atoms with Crippen LogP contribution >= 0.6 is 0 Å². The molecular weight excluding hydrogens is 490 g/mol. The summed E-state index contributed by atoms with van der Waals surface area (Å²) in [6.45, 7) is 19.3. The van der Waals surface area contributed by atoms with Crippen LogP contribution < -0.4 is 10.6 Å². The lowest BCUT2D eigenvalue weighted by Crippen LogP contribution is -2.61. The van der Waals surface area contributed by atoms with E-state index in [0.717, 1.165) is 42.4 Å². The third-order valence-electron chi connectivity index (χ3n) is 8.09. The van der Waals surface area contributed by atoms with Crippen molar-refractivity contribution in [3.8, 4) is 0 Å². The van der Waals surface area contributed by atoms with Gasteiger partial charge in [0, 0.05) is 11.6 Å². The Morgan fingerprint density at radius 3 is 2.18 bits per heavy atom. The summed E-state index contributed by atoms with van der Waals surface area (Å²) in [4.78, 5) is 43.5. The Kier molecular flexibility index (Phi) is 11.4. The zero-order chi connectivity index (χ0) is 29.5. The van der Waals surface area contributed by atoms with Gasteiger partial charge in [0.25, 0.3) is 0 Å². The van der Waals surface area contributed by atoms with Gasteiger partial charge in [-0.05, 0) is 84.8 Å². The quantitative estimate of drug-likeness (QED) is 0.342. The number of nitrogens with zero attached hydrogens (tertiary/aromatic N) is 1. The van der Waals surface area contributed by atoms with Gasteiger partial charge in [0.15, 0.2) is 0 Å². The molecular formula is C32H53N3O4. The smallest absolute Gasteiger partial charge is 0.408 e. The van der Waals surface area contributed by atoms with E-state index in [4.69, 9.17) is 4.74 Å². The number of benzene rings is 1. The predicted octanol–water partition coefficient (Wildman–Crippen LogP) is 6.75. The third kappa shape index (κ3) is 8.97. The highest BCUT2D eigenvalue weighted by Gasteiger charge is 2.45. The summed E-state index contributed by atoms with van der Waals surface area (Å²) in [6, 6.07) is 4.49. The van der Waals surface area contributed by atoms with Crippen LogP contribution in [0, 0.1) is 19.8 Å². The maximum atomic E-state index is 14.6. The molecule has 3 amide bonds. The monoisotopic (exact) mass is 543 g/mol. The highest BCUT2D eigenvalue weighted by Crippen LogP contribution is 2.35. The fraction of sp³-hybridized carbons (Fsp3) is 0.719. The normalized spacial score (nSPS) is 17.1. The van der Waals surface area contributed by atoms with Crippen molar-refractivity contribution in [2.75, 3.05) is 0 Å². The van der Waals surface area contributed by atoms with E-state index < -0.39 is 29.3 Å². The molecule has 0 aliphatic heterocycles. The Hall–Kier alpha value is -2.57. The minimum absolute atomic E-state index is 0.103. The molecule has 0 radical (unpaired) electrons. The summed E-state index contributed by atoms with van der Waals surface area (Å²) in [5.74, 6) is -0.599. The van der Waals surface area contributed by atoms with Crippen LogP contribution in [0.1, 0.15) is 123 Å². The van der Waals surface area contributed by atoms with E-state index in [1.165, 1.54) is 6.42 Å². The van der Waals surface area contributed by atoms with Crippen molar-refractivity contribution < 1.29 is 19.1 Å². The minimum Gasteiger partial charge on any atom is -0.444 e. The van der Waals surface area contributed by atoms with Crippen LogP contribution in [-0.4, -0.2) is 46.0 Å². The van der Waals surface area contributed by atoms with Crippen LogP contribution in [0.4, 0.5) is 4.79 Å². The van der Waals surface area contributed by atoms with Gasteiger partial charge in [0.2, 0.25) is 11.8 Å². The average Bonchev–Trinajstić information content (AvgIpc) is 2.85. The highest BCUT2D eigenvalue weighted by atomic mass is 16.6. The van der Waals surface area contributed by atoms with E-state index in [1.807, 2.05) is 66.7 Å². The van der Waals surface area contributed by atoms with Crippen LogP contribution in [0.3, 0.4) is 0 Å². The molecule has 2 N–H and O–H groups in total. The molecule has 7 heteroatoms. The fourth-order valence-corrected chi connectivity index (χ4v) is 5.19. The molecule has 220 valence electrons. The lowest BCUT2D eigenvalue weighted by molar-refractivity contribution is -0.150. The summed E-state index contributed by atoms with van der Waals surface area (Å²) in [5, 5.41) is 6.17. The van der Waals surface area contributed by atoms with Crippen LogP contribution in [0.25, 0.3) is 0 Å². The Balaban J connectivity index is 2.64. The molecule has 2 rings (SSSR count). The predicted molar refractivity (Wildman–Crippen MR) is 158 cm³/mol. The van der Waals surface area contributed by atoms with E-state index in [0.29, 0.717) is 12.8 Å². The van der Waals surface area contributed by atoms with E-state index >= 15 is 0 Å². The van der Waals surface area contributed by atoms with Crippen molar-refractivity contribution in [3.63, 3.8) is 0 Å². The van der Waals surface area contributed by atoms with Crippen molar-refractivity contribution in [3.05, 3.63) is 34.9 Å². The number of hydrogen-bond acceptors (Lipinski definition) is 4. The molecule has 1 aliphatic rings. The molecule has 3 atom stereocenters. The van der Waals surface area contributed by atoms with E-state index in [2.05, 4.69) is 10.6 Å². The maximum absolute atomic E-state index is 14.6. The Bertz CT molecular complexity index is 992. The Morgan fingerprint density at radius 2 is 1.64 bits per heavy atom. The average molecular weight is 544 g/mol. The summed E-state index contributed by atoms with van der Waals surface area (Å²) < 4.78 is 5.53. The molecule has 3 unspecified atom stereocenters. The third-order valence-corrected chi connectivity index (χ3v) is 8.09. The summed E-state index contributed by atoms with van der Waals surface area (Å²) >= 11 is 0. The Labute approximate surface area is 236 Å². The van der Waals surface area contributed by atoms with E-state index in [9.17, 15) is 14.4 Å². The number of ether oxygens (including phenoxy) is 1. The summed E-state index contributed by atoms with van der Waals surface area (Å²) in [5.41, 5.74) is 1.44. The number of aryl methyl sites for hydroxylation is 2. The van der Waals surface area contributed by atoms with Crippen molar-refractivity contribution >= 4 is 17.9 Å². The lowest BCUT2D eigenvalue weighted by Gasteiger charge is -2.46. The SMILES string of the molecule is CCC(C)C(NC(=O)OC(C)(C)C)C(=O)N(C(C(=O)NC1CCCCC1)c1cc(C)ccc1C)C(C)(C)CC. The van der Waals surface area contributed by atoms with Gasteiger partial charge in [-0.3, -0.25) is 9.59 Å². The van der Waals surface area contributed by atoms with Gasteiger partial charge in [-0.25, -0.2) is 4.79 Å². The second kappa shape index (κ2) is 13.7. The first kappa shape index (κ1) is 32.6. The molecule has 0 spiro atoms. The van der Waals surface area contributed by atoms with Gasteiger partial charge in [-0.1, -0.05) is 70.2 Å². The molecule has 1 fully saturated rings. The molecule has 1 aromatic rings. The fourth-order valence-electron chi connectivity index (χ4n) is 5.19. The highest BCUT2D eigenvalue weighted by molar-refractivity contribution is 5.93. The standard InChI is InChI=1S/C32H53N3O4/c1-11-22(4)26(34-30(38)39-31(6,7)8)29(37)35(32(9,10)12-2)27(25-20-21(3)18-19-23(25)5)28(36)33-24-16-14-13-15-17-24/h18-20,22,24,26-27H,11-17H2,1-10H3,(H,33,36)(H,34,38). The first-order valence-corrected chi connectivity index (χ1v) is 14.8. The van der Waals surface area contributed by atoms with E-state index in [-0.39, 0.29) is 23.8 Å². The first-order valence-electron chi connectivity index (χ1n) is 14.8. The molecule has 7 nitrogen and oxygen atoms in total. The van der Waals surface area contributed by atoms with Gasteiger partial charge < -0.3 is 20.3 Å². The molecule has 0 bridgehead atoms. The number of alkyl carbamates (subject to hydrolysis) is 1. The van der Waals surface area contributed by atoms with Crippen LogP contribution in [0.5, 0.6) is 0 Å². The molecule has 1 aromatic carbocycles. The Morgan fingerprint density at radius 1 is 1.03 bits per heavy atom. The number of carbonyl (C=O) groups is 3. The molecule has 39 heavy (non-hydrogen) atoms. The summed E-state index contributed by atoms with van der Waals surface area (Å²) in [6.07, 6.45) is 5.96. The molecule has 0 heterocycles. The largest absolute Gasteiger partial charge is 0.444 e. The van der Waals surface area contributed by atoms with Crippen molar-refractivity contribution in [1.82, 2.24) is 15.5 Å². The second-order valence-electron chi connectivity index (χ2n) is 13.0. The molecule has 1 saturated carbocycles. The maximum Gasteiger partial charge on any atom is 0.408 e. The molecule has 0 saturated heterocycles. The van der Waals surface area contributed by atoms with Gasteiger partial charge >= 0.3 is 6.09 Å². The zero-order valence-corrected chi connectivity index (χ0v) is 26.1. The number of rotatable bonds is 10.